The van der Waals surface area contributed by atoms with Crippen LogP contribution in [0.3, 0.4) is 0 Å². The van der Waals surface area contributed by atoms with Crippen molar-refractivity contribution in [3.8, 4) is 0 Å². The third-order valence-electron chi connectivity index (χ3n) is 11.5. The average Bonchev–Trinajstić information content (AvgIpc) is 2.93. The van der Waals surface area contributed by atoms with E-state index in [1.807, 2.05) is 25.0 Å². The second-order valence-corrected chi connectivity index (χ2v) is 13.9. The van der Waals surface area contributed by atoms with Crippen LogP contribution in [0.25, 0.3) is 0 Å². The Morgan fingerprint density at radius 2 is 1.58 bits per heavy atom. The molecule has 0 aromatic carbocycles. The van der Waals surface area contributed by atoms with Crippen LogP contribution in [-0.4, -0.2) is 21.9 Å². The van der Waals surface area contributed by atoms with E-state index in [0.29, 0.717) is 22.2 Å². The number of unbranched alkanes of at least 4 members (excludes halogenated alkanes) is 1. The van der Waals surface area contributed by atoms with E-state index in [0.717, 1.165) is 25.2 Å². The predicted molar refractivity (Wildman–Crippen MR) is 130 cm³/mol. The lowest BCUT2D eigenvalue weighted by Crippen LogP contribution is -2.54. The molecule has 4 rings (SSSR count). The molecule has 2 fully saturated rings. The van der Waals surface area contributed by atoms with Crippen molar-refractivity contribution < 1.29 is 10.2 Å². The van der Waals surface area contributed by atoms with Crippen molar-refractivity contribution in [3.63, 3.8) is 0 Å². The molecule has 0 aliphatic heterocycles. The van der Waals surface area contributed by atoms with Crippen LogP contribution in [0.4, 0.5) is 0 Å². The number of hydrogen-bond acceptors (Lipinski definition) is 2. The summed E-state index contributed by atoms with van der Waals surface area (Å²) < 4.78 is 0. The Morgan fingerprint density at radius 1 is 0.871 bits per heavy atom. The number of allylic oxidation sites excluding steroid dienone is 2. The zero-order valence-electron chi connectivity index (χ0n) is 21.6. The molecule has 2 N–H and O–H groups in total. The van der Waals surface area contributed by atoms with E-state index in [9.17, 15) is 10.2 Å². The van der Waals surface area contributed by atoms with Gasteiger partial charge in [0, 0.05) is 0 Å². The monoisotopic (exact) mass is 430 g/mol. The van der Waals surface area contributed by atoms with Crippen LogP contribution in [-0.2, 0) is 0 Å². The second-order valence-electron chi connectivity index (χ2n) is 13.9. The van der Waals surface area contributed by atoms with E-state index >= 15 is 0 Å². The highest BCUT2D eigenvalue weighted by Crippen LogP contribution is 2.72. The Bertz CT molecular complexity index is 728. The maximum Gasteiger partial charge on any atom is 0.0594 e. The number of hydrogen-bond donors (Lipinski definition) is 2. The van der Waals surface area contributed by atoms with Gasteiger partial charge in [0.25, 0.3) is 0 Å². The molecule has 6 atom stereocenters. The summed E-state index contributed by atoms with van der Waals surface area (Å²) in [6.07, 6.45) is 14.6. The first kappa shape index (κ1) is 23.8. The molecular weight excluding hydrogens is 380 g/mol. The normalized spacial score (nSPS) is 44.6. The quantitative estimate of drug-likeness (QED) is 0.352. The van der Waals surface area contributed by atoms with E-state index in [4.69, 9.17) is 0 Å². The molecule has 0 aromatic heterocycles. The van der Waals surface area contributed by atoms with E-state index < -0.39 is 5.60 Å². The first-order valence-corrected chi connectivity index (χ1v) is 13.4. The summed E-state index contributed by atoms with van der Waals surface area (Å²) in [5.41, 5.74) is 4.30. The van der Waals surface area contributed by atoms with Crippen LogP contribution < -0.4 is 0 Å². The highest BCUT2D eigenvalue weighted by Gasteiger charge is 2.62. The fourth-order valence-corrected chi connectivity index (χ4v) is 9.21. The molecule has 178 valence electrons. The van der Waals surface area contributed by atoms with Crippen LogP contribution in [0.15, 0.2) is 11.1 Å². The molecule has 0 spiro atoms. The Morgan fingerprint density at radius 3 is 2.26 bits per heavy atom. The molecule has 4 aliphatic carbocycles. The van der Waals surface area contributed by atoms with Gasteiger partial charge in [-0.2, -0.15) is 0 Å². The van der Waals surface area contributed by atoms with Gasteiger partial charge in [0.15, 0.2) is 0 Å². The molecule has 0 amide bonds. The van der Waals surface area contributed by atoms with Crippen molar-refractivity contribution in [2.45, 2.75) is 137 Å². The van der Waals surface area contributed by atoms with Gasteiger partial charge in [-0.25, -0.2) is 0 Å². The number of rotatable bonds is 5. The summed E-state index contributed by atoms with van der Waals surface area (Å²) in [4.78, 5) is 0. The fraction of sp³-hybridized carbons (Fsp3) is 0.931. The summed E-state index contributed by atoms with van der Waals surface area (Å²) in [6, 6.07) is 0. The fourth-order valence-electron chi connectivity index (χ4n) is 9.21. The number of aliphatic hydroxyl groups is 2. The molecule has 0 unspecified atom stereocenters. The van der Waals surface area contributed by atoms with Gasteiger partial charge in [0.1, 0.15) is 0 Å². The molecule has 31 heavy (non-hydrogen) atoms. The highest BCUT2D eigenvalue weighted by molar-refractivity contribution is 5.38. The third kappa shape index (κ3) is 3.58. The molecule has 2 nitrogen and oxygen atoms in total. The first-order valence-electron chi connectivity index (χ1n) is 13.4. The van der Waals surface area contributed by atoms with Crippen LogP contribution in [0, 0.1) is 33.5 Å². The zero-order chi connectivity index (χ0) is 22.9. The molecule has 2 heteroatoms. The zero-order valence-corrected chi connectivity index (χ0v) is 21.6. The van der Waals surface area contributed by atoms with Crippen molar-refractivity contribution in [2.75, 3.05) is 0 Å². The smallest absolute Gasteiger partial charge is 0.0594 e. The van der Waals surface area contributed by atoms with Gasteiger partial charge in [0.05, 0.1) is 11.7 Å². The molecule has 0 heterocycles. The molecule has 4 aliphatic rings. The van der Waals surface area contributed by atoms with Gasteiger partial charge in [-0.05, 0) is 112 Å². The molecule has 0 aromatic rings. The molecule has 2 saturated carbocycles. The van der Waals surface area contributed by atoms with Crippen molar-refractivity contribution >= 4 is 0 Å². The molecular formula is C29H50O2. The standard InChI is InChI=1S/C29H50O2/c1-25(2,31)16-9-8-10-20-13-18-29(7)22-11-12-23-26(3,4)24(30)15-17-27(23,5)21(22)14-19-28(20,29)6/h20,23-24,30-31H,8-19H2,1-7H3/t20-,23-,24-,27+,28+,29-/m0/s1. The lowest BCUT2D eigenvalue weighted by molar-refractivity contribution is -0.0957. The Hall–Kier alpha value is -0.340. The summed E-state index contributed by atoms with van der Waals surface area (Å²) in [7, 11) is 0. The van der Waals surface area contributed by atoms with Crippen LogP contribution in [0.5, 0.6) is 0 Å². The lowest BCUT2D eigenvalue weighted by atomic mass is 9.43. The van der Waals surface area contributed by atoms with Crippen molar-refractivity contribution in [1.82, 2.24) is 0 Å². The lowest BCUT2D eigenvalue weighted by Gasteiger charge is -2.62. The van der Waals surface area contributed by atoms with Gasteiger partial charge in [0.2, 0.25) is 0 Å². The molecule has 0 saturated heterocycles. The highest BCUT2D eigenvalue weighted by atomic mass is 16.3. The van der Waals surface area contributed by atoms with E-state index in [2.05, 4.69) is 34.6 Å². The summed E-state index contributed by atoms with van der Waals surface area (Å²) in [5.74, 6) is 1.46. The van der Waals surface area contributed by atoms with E-state index in [-0.39, 0.29) is 11.5 Å². The van der Waals surface area contributed by atoms with Gasteiger partial charge < -0.3 is 10.2 Å². The molecule has 0 radical (unpaired) electrons. The van der Waals surface area contributed by atoms with Crippen LogP contribution in [0.2, 0.25) is 0 Å². The minimum absolute atomic E-state index is 0.0336. The van der Waals surface area contributed by atoms with Gasteiger partial charge in [-0.15, -0.1) is 0 Å². The average molecular weight is 431 g/mol. The van der Waals surface area contributed by atoms with Crippen LogP contribution in [0.1, 0.15) is 126 Å². The van der Waals surface area contributed by atoms with E-state index in [1.165, 1.54) is 57.8 Å². The maximum atomic E-state index is 10.8. The minimum atomic E-state index is -0.520. The minimum Gasteiger partial charge on any atom is -0.393 e. The SMILES string of the molecule is CC(C)(O)CCCC[C@H]1CC[C@@]2(C)C3=C(CC[C@]12C)[C@@]1(C)CC[C@H](O)C(C)(C)[C@@H]1CC3. The third-order valence-corrected chi connectivity index (χ3v) is 11.5. The van der Waals surface area contributed by atoms with Crippen molar-refractivity contribution in [2.24, 2.45) is 33.5 Å². The topological polar surface area (TPSA) is 40.5 Å². The predicted octanol–water partition coefficient (Wildman–Crippen LogP) is 7.43. The first-order chi connectivity index (χ1) is 14.3. The number of fused-ring (bicyclic) bond motifs is 4. The number of aliphatic hydroxyl groups excluding tert-OH is 1. The van der Waals surface area contributed by atoms with Crippen molar-refractivity contribution in [1.29, 1.82) is 0 Å². The Labute approximate surface area is 192 Å². The second kappa shape index (κ2) is 7.59. The summed E-state index contributed by atoms with van der Waals surface area (Å²) >= 11 is 0. The Balaban J connectivity index is 1.57. The van der Waals surface area contributed by atoms with Crippen molar-refractivity contribution in [3.05, 3.63) is 11.1 Å². The van der Waals surface area contributed by atoms with Gasteiger partial charge in [-0.1, -0.05) is 58.6 Å². The molecule has 0 bridgehead atoms. The maximum absolute atomic E-state index is 10.8. The van der Waals surface area contributed by atoms with Gasteiger partial charge >= 0.3 is 0 Å². The summed E-state index contributed by atoms with van der Waals surface area (Å²) in [6.45, 7) is 16.4. The Kier molecular flexibility index (Phi) is 5.83. The largest absolute Gasteiger partial charge is 0.393 e. The van der Waals surface area contributed by atoms with Gasteiger partial charge in [-0.3, -0.25) is 0 Å². The van der Waals surface area contributed by atoms with Crippen LogP contribution >= 0.6 is 0 Å². The van der Waals surface area contributed by atoms with E-state index in [1.54, 1.807) is 0 Å². The summed E-state index contributed by atoms with van der Waals surface area (Å²) in [5, 5.41) is 20.9.